The minimum Gasteiger partial charge on any atom is -0.281 e. The van der Waals surface area contributed by atoms with Crippen LogP contribution in [0.2, 0.25) is 0 Å². The Kier molecular flexibility index (Phi) is 1.93. The van der Waals surface area contributed by atoms with E-state index in [0.29, 0.717) is 6.04 Å². The Morgan fingerprint density at radius 3 is 2.75 bits per heavy atom. The van der Waals surface area contributed by atoms with E-state index in [1.807, 2.05) is 0 Å². The summed E-state index contributed by atoms with van der Waals surface area (Å²) in [7, 11) is 0. The first-order valence-electron chi connectivity index (χ1n) is 2.37. The van der Waals surface area contributed by atoms with E-state index in [1.54, 1.807) is 4.22 Å². The van der Waals surface area contributed by atoms with Gasteiger partial charge in [-0.25, -0.2) is 5.53 Å². The van der Waals surface area contributed by atoms with Gasteiger partial charge in [0.15, 0.2) is 0 Å². The molecule has 1 unspecified atom stereocenters. The van der Waals surface area contributed by atoms with E-state index in [0.717, 1.165) is 6.42 Å². The molecule has 0 heterocycles. The Hall–Kier alpha value is -0.000000000000000111. The van der Waals surface area contributed by atoms with Gasteiger partial charge in [-0.05, 0) is 29.0 Å². The summed E-state index contributed by atoms with van der Waals surface area (Å²) in [6.07, 6.45) is 0.975. The molecule has 1 fully saturated rings. The average molecular weight is 223 g/mol. The molecule has 8 heavy (non-hydrogen) atoms. The number of hydrogen-bond acceptors (Lipinski definition) is 3. The van der Waals surface area contributed by atoms with Crippen LogP contribution >= 0.6 is 22.6 Å². The molecule has 0 radical (unpaired) electrons. The number of halogens is 1. The van der Waals surface area contributed by atoms with Crippen LogP contribution in [0.15, 0.2) is 10.1 Å². The van der Waals surface area contributed by atoms with Gasteiger partial charge in [0.2, 0.25) is 0 Å². The van der Waals surface area contributed by atoms with Crippen LogP contribution in [-0.2, 0) is 0 Å². The molecule has 1 saturated carbocycles. The molecule has 0 saturated heterocycles. The predicted molar refractivity (Wildman–Crippen MR) is 39.9 cm³/mol. The molecule has 2 atom stereocenters. The highest BCUT2D eigenvalue weighted by atomic mass is 127. The van der Waals surface area contributed by atoms with Gasteiger partial charge < -0.3 is 0 Å². The van der Waals surface area contributed by atoms with E-state index in [1.165, 1.54) is 0 Å². The molecular formula is C4H6IN3. The Labute approximate surface area is 61.2 Å². The van der Waals surface area contributed by atoms with Crippen molar-refractivity contribution in [3.05, 3.63) is 0 Å². The van der Waals surface area contributed by atoms with Crippen LogP contribution in [0.5, 0.6) is 0 Å². The third kappa shape index (κ3) is 1.24. The lowest BCUT2D eigenvalue weighted by Gasteiger charge is -1.77. The van der Waals surface area contributed by atoms with Crippen LogP contribution in [0, 0.1) is 5.53 Å². The Balaban J connectivity index is 2.26. The Bertz CT molecular complexity index is 122. The van der Waals surface area contributed by atoms with Crippen molar-refractivity contribution >= 4 is 26.8 Å². The second-order valence-corrected chi connectivity index (χ2v) is 2.30. The second kappa shape index (κ2) is 2.52. The van der Waals surface area contributed by atoms with Gasteiger partial charge in [0.1, 0.15) is 0 Å². The molecule has 1 rings (SSSR count). The smallest absolute Gasteiger partial charge is 0.0950 e. The summed E-state index contributed by atoms with van der Waals surface area (Å²) in [6, 6.07) is 0.547. The summed E-state index contributed by atoms with van der Waals surface area (Å²) in [4.78, 5) is 4.04. The van der Waals surface area contributed by atoms with E-state index in [4.69, 9.17) is 5.53 Å². The lowest BCUT2D eigenvalue weighted by Crippen LogP contribution is -1.81. The molecule has 0 spiro atoms. The lowest BCUT2D eigenvalue weighted by atomic mass is 10.7. The van der Waals surface area contributed by atoms with E-state index < -0.39 is 0 Å². The first kappa shape index (κ1) is 6.12. The fourth-order valence-electron chi connectivity index (χ4n) is 0.540. The van der Waals surface area contributed by atoms with Crippen LogP contribution in [-0.4, -0.2) is 16.3 Å². The maximum absolute atomic E-state index is 6.58. The van der Waals surface area contributed by atoms with Crippen molar-refractivity contribution in [2.75, 3.05) is 0 Å². The average Bonchev–Trinajstić information content (AvgIpc) is 2.48. The summed E-state index contributed by atoms with van der Waals surface area (Å²) in [6.45, 7) is 0. The van der Waals surface area contributed by atoms with Crippen LogP contribution in [0.4, 0.5) is 0 Å². The van der Waals surface area contributed by atoms with E-state index in [2.05, 4.69) is 32.7 Å². The third-order valence-electron chi connectivity index (χ3n) is 1.14. The zero-order chi connectivity index (χ0) is 5.98. The molecule has 0 bridgehead atoms. The van der Waals surface area contributed by atoms with Crippen LogP contribution in [0.1, 0.15) is 6.42 Å². The Morgan fingerprint density at radius 1 is 1.62 bits per heavy atom. The highest BCUT2D eigenvalue weighted by Gasteiger charge is 2.36. The SMILES string of the molecule is N=N[C@@H]1CC1N=CI. The van der Waals surface area contributed by atoms with E-state index in [9.17, 15) is 0 Å². The molecule has 4 heteroatoms. The minimum atomic E-state index is 0.209. The molecule has 3 nitrogen and oxygen atoms in total. The highest BCUT2D eigenvalue weighted by molar-refractivity contribution is 14.1. The van der Waals surface area contributed by atoms with Crippen molar-refractivity contribution < 1.29 is 0 Å². The monoisotopic (exact) mass is 223 g/mol. The summed E-state index contributed by atoms with van der Waals surface area (Å²) in [5.41, 5.74) is 6.58. The van der Waals surface area contributed by atoms with E-state index in [-0.39, 0.29) is 6.04 Å². The quantitative estimate of drug-likeness (QED) is 0.420. The normalized spacial score (nSPS) is 35.6. The standard InChI is InChI=1S/C4H6IN3/c5-2-7-3-1-4(3)8-6/h2-4,6H,1H2/t3?,4-/m1/s1. The molecule has 1 aliphatic rings. The third-order valence-corrected chi connectivity index (χ3v) is 1.46. The van der Waals surface area contributed by atoms with Crippen molar-refractivity contribution in [3.8, 4) is 0 Å². The van der Waals surface area contributed by atoms with Gasteiger partial charge >= 0.3 is 0 Å². The lowest BCUT2D eigenvalue weighted by molar-refractivity contribution is 0.862. The molecular weight excluding hydrogens is 217 g/mol. The first-order chi connectivity index (χ1) is 3.88. The maximum Gasteiger partial charge on any atom is 0.0950 e. The largest absolute Gasteiger partial charge is 0.281 e. The summed E-state index contributed by atoms with van der Waals surface area (Å²) < 4.78 is 1.74. The van der Waals surface area contributed by atoms with Gasteiger partial charge in [0.25, 0.3) is 0 Å². The van der Waals surface area contributed by atoms with Crippen LogP contribution in [0.3, 0.4) is 0 Å². The molecule has 0 aromatic carbocycles. The number of hydrogen-bond donors (Lipinski definition) is 1. The van der Waals surface area contributed by atoms with Gasteiger partial charge in [-0.3, -0.25) is 4.99 Å². The van der Waals surface area contributed by atoms with Gasteiger partial charge in [-0.1, -0.05) is 0 Å². The highest BCUT2D eigenvalue weighted by Crippen LogP contribution is 2.28. The maximum atomic E-state index is 6.58. The number of nitrogens with one attached hydrogen (secondary N) is 1. The minimum absolute atomic E-state index is 0.209. The molecule has 0 aromatic rings. The Morgan fingerprint density at radius 2 is 2.38 bits per heavy atom. The molecule has 0 amide bonds. The predicted octanol–water partition coefficient (Wildman–Crippen LogP) is 1.62. The van der Waals surface area contributed by atoms with Crippen molar-refractivity contribution in [3.63, 3.8) is 0 Å². The molecule has 0 aliphatic heterocycles. The van der Waals surface area contributed by atoms with Crippen molar-refractivity contribution in [1.29, 1.82) is 5.53 Å². The van der Waals surface area contributed by atoms with E-state index >= 15 is 0 Å². The van der Waals surface area contributed by atoms with Gasteiger partial charge in [-0.15, -0.1) is 0 Å². The fourth-order valence-corrected chi connectivity index (χ4v) is 0.953. The van der Waals surface area contributed by atoms with Crippen LogP contribution < -0.4 is 0 Å². The topological polar surface area (TPSA) is 48.6 Å². The van der Waals surface area contributed by atoms with Gasteiger partial charge in [-0.2, -0.15) is 5.11 Å². The zero-order valence-electron chi connectivity index (χ0n) is 4.21. The summed E-state index contributed by atoms with van der Waals surface area (Å²) in [5, 5.41) is 3.33. The van der Waals surface area contributed by atoms with Crippen molar-refractivity contribution in [1.82, 2.24) is 0 Å². The summed E-state index contributed by atoms with van der Waals surface area (Å²) >= 11 is 2.07. The van der Waals surface area contributed by atoms with Crippen molar-refractivity contribution in [2.45, 2.75) is 18.5 Å². The molecule has 0 aromatic heterocycles. The molecule has 1 N–H and O–H groups in total. The number of rotatable bonds is 2. The number of nitrogens with zero attached hydrogens (tertiary/aromatic N) is 2. The summed E-state index contributed by atoms with van der Waals surface area (Å²) in [5.74, 6) is 0. The molecule has 1 aliphatic carbocycles. The first-order valence-corrected chi connectivity index (χ1v) is 3.61. The zero-order valence-corrected chi connectivity index (χ0v) is 6.37. The van der Waals surface area contributed by atoms with Gasteiger partial charge in [0, 0.05) is 0 Å². The van der Waals surface area contributed by atoms with Gasteiger partial charge in [0.05, 0.1) is 16.3 Å². The number of aliphatic imine (C=N–C) groups is 1. The van der Waals surface area contributed by atoms with Crippen molar-refractivity contribution in [2.24, 2.45) is 10.1 Å². The van der Waals surface area contributed by atoms with Crippen LogP contribution in [0.25, 0.3) is 0 Å². The molecule has 44 valence electrons. The second-order valence-electron chi connectivity index (χ2n) is 1.75. The fraction of sp³-hybridized carbons (Fsp3) is 0.750.